The van der Waals surface area contributed by atoms with Crippen LogP contribution < -0.4 is 0 Å². The number of aliphatic hydroxyl groups is 1. The van der Waals surface area contributed by atoms with Crippen molar-refractivity contribution >= 4 is 5.97 Å². The van der Waals surface area contributed by atoms with E-state index in [9.17, 15) is 9.90 Å². The van der Waals surface area contributed by atoms with E-state index in [1.165, 1.54) is 0 Å². The van der Waals surface area contributed by atoms with E-state index < -0.39 is 5.97 Å². The van der Waals surface area contributed by atoms with Gasteiger partial charge in [-0.25, -0.2) is 0 Å². The summed E-state index contributed by atoms with van der Waals surface area (Å²) in [7, 11) is 0. The third kappa shape index (κ3) is 3.40. The average molecular weight is 242 g/mol. The Balaban J connectivity index is 1.72. The maximum Gasteiger partial charge on any atom is 0.304 e. The van der Waals surface area contributed by atoms with Gasteiger partial charge in [-0.1, -0.05) is 0 Å². The topological polar surface area (TPSA) is 64.0 Å². The molecule has 17 heavy (non-hydrogen) atoms. The molecule has 0 aromatic carbocycles. The van der Waals surface area contributed by atoms with Gasteiger partial charge in [0.2, 0.25) is 0 Å². The van der Waals surface area contributed by atoms with Crippen LogP contribution in [0.15, 0.2) is 0 Å². The summed E-state index contributed by atoms with van der Waals surface area (Å²) in [5, 5.41) is 18.5. The van der Waals surface area contributed by atoms with E-state index in [-0.39, 0.29) is 12.5 Å². The molecule has 2 unspecified atom stereocenters. The molecule has 1 aliphatic carbocycles. The predicted octanol–water partition coefficient (Wildman–Crippen LogP) is -0.00790. The van der Waals surface area contributed by atoms with Gasteiger partial charge in [0.15, 0.2) is 0 Å². The van der Waals surface area contributed by atoms with Crippen LogP contribution in [0.2, 0.25) is 0 Å². The molecule has 98 valence electrons. The summed E-state index contributed by atoms with van der Waals surface area (Å²) >= 11 is 0. The van der Waals surface area contributed by atoms with Gasteiger partial charge in [-0.15, -0.1) is 0 Å². The molecule has 2 fully saturated rings. The van der Waals surface area contributed by atoms with E-state index in [0.29, 0.717) is 12.6 Å². The molecule has 1 aliphatic heterocycles. The van der Waals surface area contributed by atoms with Gasteiger partial charge in [0.1, 0.15) is 0 Å². The number of hydrogen-bond donors (Lipinski definition) is 2. The second-order valence-electron chi connectivity index (χ2n) is 5.09. The molecule has 2 atom stereocenters. The Bertz CT molecular complexity index is 264. The predicted molar refractivity (Wildman–Crippen MR) is 63.9 cm³/mol. The van der Waals surface area contributed by atoms with Crippen molar-refractivity contribution in [2.75, 3.05) is 32.7 Å². The Morgan fingerprint density at radius 2 is 1.88 bits per heavy atom. The van der Waals surface area contributed by atoms with E-state index in [1.54, 1.807) is 0 Å². The largest absolute Gasteiger partial charge is 0.481 e. The van der Waals surface area contributed by atoms with Gasteiger partial charge in [0.25, 0.3) is 0 Å². The van der Waals surface area contributed by atoms with Crippen LogP contribution in [0.25, 0.3) is 0 Å². The highest BCUT2D eigenvalue weighted by Gasteiger charge is 2.32. The maximum atomic E-state index is 10.5. The lowest BCUT2D eigenvalue weighted by molar-refractivity contribution is -0.137. The van der Waals surface area contributed by atoms with Crippen LogP contribution in [0, 0.1) is 0 Å². The minimum atomic E-state index is -0.723. The number of carbonyl (C=O) groups is 1. The monoisotopic (exact) mass is 242 g/mol. The van der Waals surface area contributed by atoms with Gasteiger partial charge in [-0.3, -0.25) is 9.69 Å². The quantitative estimate of drug-likeness (QED) is 0.726. The fourth-order valence-electron chi connectivity index (χ4n) is 2.92. The van der Waals surface area contributed by atoms with Crippen LogP contribution in [0.5, 0.6) is 0 Å². The summed E-state index contributed by atoms with van der Waals surface area (Å²) in [5.41, 5.74) is 0. The molecule has 5 heteroatoms. The highest BCUT2D eigenvalue weighted by Crippen LogP contribution is 2.24. The summed E-state index contributed by atoms with van der Waals surface area (Å²) < 4.78 is 0. The fraction of sp³-hybridized carbons (Fsp3) is 0.917. The molecule has 2 N–H and O–H groups in total. The highest BCUT2D eigenvalue weighted by atomic mass is 16.4. The number of carboxylic acids is 1. The molecule has 5 nitrogen and oxygen atoms in total. The first-order valence-electron chi connectivity index (χ1n) is 6.53. The van der Waals surface area contributed by atoms with E-state index in [2.05, 4.69) is 9.80 Å². The first kappa shape index (κ1) is 12.8. The van der Waals surface area contributed by atoms with E-state index in [1.807, 2.05) is 0 Å². The summed E-state index contributed by atoms with van der Waals surface area (Å²) in [6.07, 6.45) is 3.25. The molecule has 0 amide bonds. The number of aliphatic carboxylic acids is 1. The number of piperazine rings is 1. The van der Waals surface area contributed by atoms with Crippen LogP contribution in [0.1, 0.15) is 25.7 Å². The first-order chi connectivity index (χ1) is 8.16. The molecule has 0 bridgehead atoms. The van der Waals surface area contributed by atoms with Gasteiger partial charge >= 0.3 is 5.97 Å². The van der Waals surface area contributed by atoms with E-state index in [0.717, 1.165) is 45.4 Å². The minimum Gasteiger partial charge on any atom is -0.481 e. The summed E-state index contributed by atoms with van der Waals surface area (Å²) in [5.74, 6) is -0.723. The van der Waals surface area contributed by atoms with Crippen molar-refractivity contribution in [2.24, 2.45) is 0 Å². The molecular weight excluding hydrogens is 220 g/mol. The SMILES string of the molecule is O=C(O)CCN1CCN(C2CCCC2O)CC1. The zero-order valence-electron chi connectivity index (χ0n) is 10.2. The number of carboxylic acid groups (broad SMARTS) is 1. The average Bonchev–Trinajstić information content (AvgIpc) is 2.73. The lowest BCUT2D eigenvalue weighted by atomic mass is 10.1. The normalized spacial score (nSPS) is 31.8. The molecule has 2 rings (SSSR count). The molecule has 1 saturated heterocycles. The molecule has 0 radical (unpaired) electrons. The van der Waals surface area contributed by atoms with Crippen LogP contribution in [-0.4, -0.2) is 70.9 Å². The summed E-state index contributed by atoms with van der Waals surface area (Å²) in [6, 6.07) is 0.344. The van der Waals surface area contributed by atoms with Crippen molar-refractivity contribution in [2.45, 2.75) is 37.8 Å². The number of rotatable bonds is 4. The van der Waals surface area contributed by atoms with Crippen molar-refractivity contribution in [3.8, 4) is 0 Å². The number of hydrogen-bond acceptors (Lipinski definition) is 4. The Hall–Kier alpha value is -0.650. The molecular formula is C12H22N2O3. The van der Waals surface area contributed by atoms with Crippen LogP contribution in [-0.2, 0) is 4.79 Å². The lowest BCUT2D eigenvalue weighted by Crippen LogP contribution is -2.52. The number of aliphatic hydroxyl groups excluding tert-OH is 1. The summed E-state index contributed by atoms with van der Waals surface area (Å²) in [6.45, 7) is 4.42. The minimum absolute atomic E-state index is 0.152. The van der Waals surface area contributed by atoms with Crippen molar-refractivity contribution in [1.29, 1.82) is 0 Å². The zero-order valence-corrected chi connectivity index (χ0v) is 10.2. The maximum absolute atomic E-state index is 10.5. The standard InChI is InChI=1S/C12H22N2O3/c15-11-3-1-2-10(11)14-8-6-13(7-9-14)5-4-12(16)17/h10-11,15H,1-9H2,(H,16,17). The van der Waals surface area contributed by atoms with Crippen molar-refractivity contribution in [3.63, 3.8) is 0 Å². The Morgan fingerprint density at radius 3 is 2.41 bits per heavy atom. The van der Waals surface area contributed by atoms with Crippen LogP contribution in [0.3, 0.4) is 0 Å². The van der Waals surface area contributed by atoms with Gasteiger partial charge < -0.3 is 15.1 Å². The van der Waals surface area contributed by atoms with E-state index >= 15 is 0 Å². The van der Waals surface area contributed by atoms with Crippen molar-refractivity contribution < 1.29 is 15.0 Å². The molecule has 1 saturated carbocycles. The Kier molecular flexibility index (Phi) is 4.36. The smallest absolute Gasteiger partial charge is 0.304 e. The fourth-order valence-corrected chi connectivity index (χ4v) is 2.92. The lowest BCUT2D eigenvalue weighted by Gasteiger charge is -2.38. The second-order valence-corrected chi connectivity index (χ2v) is 5.09. The van der Waals surface area contributed by atoms with Crippen LogP contribution >= 0.6 is 0 Å². The van der Waals surface area contributed by atoms with Gasteiger partial charge in [-0.2, -0.15) is 0 Å². The third-order valence-electron chi connectivity index (χ3n) is 3.96. The molecule has 2 aliphatic rings. The van der Waals surface area contributed by atoms with Crippen molar-refractivity contribution in [1.82, 2.24) is 9.80 Å². The Morgan fingerprint density at radius 1 is 1.18 bits per heavy atom. The molecule has 1 heterocycles. The highest BCUT2D eigenvalue weighted by molar-refractivity contribution is 5.66. The Labute approximate surface area is 102 Å². The van der Waals surface area contributed by atoms with Gasteiger partial charge in [0, 0.05) is 38.8 Å². The zero-order chi connectivity index (χ0) is 12.3. The van der Waals surface area contributed by atoms with Gasteiger partial charge in [0.05, 0.1) is 12.5 Å². The molecule has 0 aromatic heterocycles. The summed E-state index contributed by atoms with van der Waals surface area (Å²) in [4.78, 5) is 15.1. The molecule has 0 aromatic rings. The van der Waals surface area contributed by atoms with Crippen molar-refractivity contribution in [3.05, 3.63) is 0 Å². The number of nitrogens with zero attached hydrogens (tertiary/aromatic N) is 2. The van der Waals surface area contributed by atoms with Gasteiger partial charge in [-0.05, 0) is 19.3 Å². The third-order valence-corrected chi connectivity index (χ3v) is 3.96. The molecule has 0 spiro atoms. The second kappa shape index (κ2) is 5.80. The van der Waals surface area contributed by atoms with E-state index in [4.69, 9.17) is 5.11 Å². The van der Waals surface area contributed by atoms with Crippen LogP contribution in [0.4, 0.5) is 0 Å². The first-order valence-corrected chi connectivity index (χ1v) is 6.53.